The predicted molar refractivity (Wildman–Crippen MR) is 82.6 cm³/mol. The SMILES string of the molecule is CC(=O)[O-].CCCCCCC[NH+]1CCC(CCCC)C1. The van der Waals surface area contributed by atoms with E-state index in [2.05, 4.69) is 13.8 Å². The third-order valence-corrected chi connectivity index (χ3v) is 4.08. The van der Waals surface area contributed by atoms with Gasteiger partial charge in [0.05, 0.1) is 19.6 Å². The van der Waals surface area contributed by atoms with Crippen molar-refractivity contribution in [2.24, 2.45) is 5.92 Å². The summed E-state index contributed by atoms with van der Waals surface area (Å²) >= 11 is 0. The maximum absolute atomic E-state index is 8.89. The number of rotatable bonds is 9. The Morgan fingerprint density at radius 3 is 2.30 bits per heavy atom. The van der Waals surface area contributed by atoms with Gasteiger partial charge in [0.2, 0.25) is 0 Å². The normalized spacial score (nSPS) is 21.4. The molecule has 20 heavy (non-hydrogen) atoms. The van der Waals surface area contributed by atoms with E-state index in [1.165, 1.54) is 77.4 Å². The van der Waals surface area contributed by atoms with Gasteiger partial charge in [0.25, 0.3) is 0 Å². The van der Waals surface area contributed by atoms with Gasteiger partial charge in [0.1, 0.15) is 0 Å². The van der Waals surface area contributed by atoms with E-state index in [0.29, 0.717) is 0 Å². The highest BCUT2D eigenvalue weighted by atomic mass is 16.4. The first-order chi connectivity index (χ1) is 9.60. The highest BCUT2D eigenvalue weighted by Gasteiger charge is 2.24. The van der Waals surface area contributed by atoms with Gasteiger partial charge < -0.3 is 14.8 Å². The predicted octanol–water partition coefficient (Wildman–Crippen LogP) is 1.81. The molecule has 2 atom stereocenters. The van der Waals surface area contributed by atoms with Crippen molar-refractivity contribution in [3.63, 3.8) is 0 Å². The van der Waals surface area contributed by atoms with Crippen LogP contribution in [0, 0.1) is 5.92 Å². The largest absolute Gasteiger partial charge is 0.550 e. The van der Waals surface area contributed by atoms with Crippen LogP contribution in [0.25, 0.3) is 0 Å². The number of carboxylic acid groups (broad SMARTS) is 1. The summed E-state index contributed by atoms with van der Waals surface area (Å²) in [6, 6.07) is 0. The van der Waals surface area contributed by atoms with E-state index in [0.717, 1.165) is 12.8 Å². The number of quaternary nitrogens is 1. The fraction of sp³-hybridized carbons (Fsp3) is 0.941. The molecule has 1 N–H and O–H groups in total. The Morgan fingerprint density at radius 2 is 1.70 bits per heavy atom. The number of carbonyl (C=O) groups excluding carboxylic acids is 1. The second-order valence-corrected chi connectivity index (χ2v) is 6.16. The summed E-state index contributed by atoms with van der Waals surface area (Å²) in [5.74, 6) is -0.0226. The molecule has 1 aliphatic rings. The van der Waals surface area contributed by atoms with Gasteiger partial charge >= 0.3 is 0 Å². The molecular weight excluding hydrogens is 250 g/mol. The summed E-state index contributed by atoms with van der Waals surface area (Å²) in [6.07, 6.45) is 13.0. The Hall–Kier alpha value is -0.570. The standard InChI is InChI=1S/C15H31N.C2H4O2/c1-3-5-7-8-9-12-16-13-11-15(14-16)10-6-4-2;1-2(3)4/h15H,3-14H2,1-2H3;1H3,(H,3,4). The van der Waals surface area contributed by atoms with Crippen LogP contribution in [-0.2, 0) is 4.79 Å². The van der Waals surface area contributed by atoms with Crippen LogP contribution in [0.3, 0.4) is 0 Å². The summed E-state index contributed by atoms with van der Waals surface area (Å²) in [7, 11) is 0. The molecule has 2 unspecified atom stereocenters. The molecule has 1 rings (SSSR count). The third-order valence-electron chi connectivity index (χ3n) is 4.08. The molecule has 0 amide bonds. The molecule has 1 aliphatic heterocycles. The molecule has 120 valence electrons. The van der Waals surface area contributed by atoms with E-state index < -0.39 is 5.97 Å². The first-order valence-electron chi connectivity index (χ1n) is 8.61. The summed E-state index contributed by atoms with van der Waals surface area (Å²) in [6.45, 7) is 9.97. The number of aliphatic carboxylic acids is 1. The quantitative estimate of drug-likeness (QED) is 0.657. The molecule has 0 radical (unpaired) electrons. The Labute approximate surface area is 125 Å². The summed E-state index contributed by atoms with van der Waals surface area (Å²) in [5.41, 5.74) is 0. The summed E-state index contributed by atoms with van der Waals surface area (Å²) in [5, 5.41) is 8.89. The second kappa shape index (κ2) is 13.4. The van der Waals surface area contributed by atoms with Crippen LogP contribution in [0.15, 0.2) is 0 Å². The highest BCUT2D eigenvalue weighted by molar-refractivity contribution is 5.60. The topological polar surface area (TPSA) is 44.6 Å². The van der Waals surface area contributed by atoms with E-state index in [-0.39, 0.29) is 0 Å². The van der Waals surface area contributed by atoms with E-state index >= 15 is 0 Å². The van der Waals surface area contributed by atoms with Crippen LogP contribution in [-0.4, -0.2) is 25.6 Å². The van der Waals surface area contributed by atoms with Gasteiger partial charge in [-0.2, -0.15) is 0 Å². The van der Waals surface area contributed by atoms with Crippen molar-refractivity contribution in [1.82, 2.24) is 0 Å². The minimum atomic E-state index is -1.08. The maximum Gasteiger partial charge on any atom is 0.0801 e. The van der Waals surface area contributed by atoms with Crippen LogP contribution >= 0.6 is 0 Å². The molecule has 0 saturated carbocycles. The molecule has 0 aromatic heterocycles. The molecule has 3 heteroatoms. The average molecular weight is 285 g/mol. The van der Waals surface area contributed by atoms with Crippen molar-refractivity contribution in [3.8, 4) is 0 Å². The van der Waals surface area contributed by atoms with Crippen molar-refractivity contribution in [1.29, 1.82) is 0 Å². The van der Waals surface area contributed by atoms with Gasteiger partial charge in [-0.3, -0.25) is 0 Å². The van der Waals surface area contributed by atoms with E-state index in [1.54, 1.807) is 0 Å². The minimum absolute atomic E-state index is 0.972. The first kappa shape index (κ1) is 19.4. The number of hydrogen-bond donors (Lipinski definition) is 1. The van der Waals surface area contributed by atoms with Gasteiger partial charge in [0, 0.05) is 18.3 Å². The zero-order valence-corrected chi connectivity index (χ0v) is 13.9. The number of unbranched alkanes of at least 4 members (excludes halogenated alkanes) is 5. The van der Waals surface area contributed by atoms with Crippen molar-refractivity contribution in [2.75, 3.05) is 19.6 Å². The van der Waals surface area contributed by atoms with E-state index in [9.17, 15) is 0 Å². The molecule has 0 spiro atoms. The Bertz CT molecular complexity index is 227. The smallest absolute Gasteiger partial charge is 0.0801 e. The van der Waals surface area contributed by atoms with Crippen molar-refractivity contribution in [3.05, 3.63) is 0 Å². The lowest BCUT2D eigenvalue weighted by Gasteiger charge is -2.13. The van der Waals surface area contributed by atoms with Crippen molar-refractivity contribution >= 4 is 5.97 Å². The Morgan fingerprint density at radius 1 is 1.10 bits per heavy atom. The van der Waals surface area contributed by atoms with Gasteiger partial charge in [0.15, 0.2) is 0 Å². The van der Waals surface area contributed by atoms with Crippen molar-refractivity contribution < 1.29 is 14.8 Å². The highest BCUT2D eigenvalue weighted by Crippen LogP contribution is 2.13. The molecular formula is C17H35NO2. The number of carbonyl (C=O) groups is 1. The van der Waals surface area contributed by atoms with Gasteiger partial charge in [-0.15, -0.1) is 0 Å². The lowest BCUT2D eigenvalue weighted by atomic mass is 10.0. The zero-order chi connectivity index (χ0) is 15.2. The lowest BCUT2D eigenvalue weighted by Crippen LogP contribution is -3.10. The van der Waals surface area contributed by atoms with Crippen LogP contribution in [0.5, 0.6) is 0 Å². The molecule has 0 bridgehead atoms. The summed E-state index contributed by atoms with van der Waals surface area (Å²) in [4.78, 5) is 10.8. The Kier molecular flexibility index (Phi) is 13.0. The van der Waals surface area contributed by atoms with Gasteiger partial charge in [-0.1, -0.05) is 46.0 Å². The van der Waals surface area contributed by atoms with Gasteiger partial charge in [-0.05, 0) is 26.2 Å². The Balaban J connectivity index is 0.000000796. The lowest BCUT2D eigenvalue weighted by molar-refractivity contribution is -0.889. The van der Waals surface area contributed by atoms with Crippen LogP contribution in [0.4, 0.5) is 0 Å². The number of nitrogens with one attached hydrogen (secondary N) is 1. The maximum atomic E-state index is 8.89. The first-order valence-corrected chi connectivity index (χ1v) is 8.61. The summed E-state index contributed by atoms with van der Waals surface area (Å²) < 4.78 is 0. The molecule has 0 aliphatic carbocycles. The number of likely N-dealkylation sites (tertiary alicyclic amines) is 1. The minimum Gasteiger partial charge on any atom is -0.550 e. The number of carboxylic acids is 1. The van der Waals surface area contributed by atoms with Gasteiger partial charge in [-0.25, -0.2) is 0 Å². The van der Waals surface area contributed by atoms with Crippen LogP contribution < -0.4 is 10.0 Å². The second-order valence-electron chi connectivity index (χ2n) is 6.16. The fourth-order valence-corrected chi connectivity index (χ4v) is 2.97. The molecule has 1 heterocycles. The third kappa shape index (κ3) is 12.5. The van der Waals surface area contributed by atoms with Crippen LogP contribution in [0.1, 0.15) is 78.6 Å². The molecule has 3 nitrogen and oxygen atoms in total. The average Bonchev–Trinajstić information content (AvgIpc) is 2.83. The monoisotopic (exact) mass is 285 g/mol. The van der Waals surface area contributed by atoms with E-state index in [1.807, 2.05) is 4.90 Å². The van der Waals surface area contributed by atoms with Crippen LogP contribution in [0.2, 0.25) is 0 Å². The van der Waals surface area contributed by atoms with Crippen molar-refractivity contribution in [2.45, 2.75) is 78.6 Å². The molecule has 1 fully saturated rings. The molecule has 1 saturated heterocycles. The number of hydrogen-bond acceptors (Lipinski definition) is 2. The molecule has 0 aromatic rings. The van der Waals surface area contributed by atoms with E-state index in [4.69, 9.17) is 9.90 Å². The fourth-order valence-electron chi connectivity index (χ4n) is 2.97. The zero-order valence-electron chi connectivity index (χ0n) is 13.9. The molecule has 0 aromatic carbocycles.